The van der Waals surface area contributed by atoms with E-state index in [1.54, 1.807) is 17.9 Å². The van der Waals surface area contributed by atoms with Crippen molar-refractivity contribution >= 4 is 33.4 Å². The minimum absolute atomic E-state index is 0.0319. The molecule has 2 aliphatic rings. The van der Waals surface area contributed by atoms with E-state index in [2.05, 4.69) is 15.9 Å². The first kappa shape index (κ1) is 14.5. The van der Waals surface area contributed by atoms with E-state index in [1.807, 2.05) is 0 Å². The Labute approximate surface area is 131 Å². The van der Waals surface area contributed by atoms with Crippen LogP contribution in [0.5, 0.6) is 0 Å². The van der Waals surface area contributed by atoms with Crippen molar-refractivity contribution in [3.8, 4) is 0 Å². The molecule has 0 saturated carbocycles. The summed E-state index contributed by atoms with van der Waals surface area (Å²) in [6.45, 7) is 2.37. The first-order chi connectivity index (χ1) is 10.0. The van der Waals surface area contributed by atoms with Gasteiger partial charge in [-0.15, -0.1) is 0 Å². The number of hydrogen-bond donors (Lipinski definition) is 0. The van der Waals surface area contributed by atoms with Gasteiger partial charge >= 0.3 is 0 Å². The monoisotopic (exact) mass is 354 g/mol. The van der Waals surface area contributed by atoms with Crippen LogP contribution in [-0.4, -0.2) is 35.3 Å². The number of carbonyl (C=O) groups is 2. The van der Waals surface area contributed by atoms with Crippen molar-refractivity contribution in [2.45, 2.75) is 38.3 Å². The summed E-state index contributed by atoms with van der Waals surface area (Å²) >= 11 is 3.29. The Morgan fingerprint density at radius 2 is 2.00 bits per heavy atom. The lowest BCUT2D eigenvalue weighted by molar-refractivity contribution is -0.147. The fourth-order valence-electron chi connectivity index (χ4n) is 3.16. The smallest absolute Gasteiger partial charge is 0.250 e. The van der Waals surface area contributed by atoms with Crippen LogP contribution in [0.2, 0.25) is 0 Å². The Bertz CT molecular complexity index is 607. The molecular formula is C15H16BrFN2O2. The van der Waals surface area contributed by atoms with Crippen molar-refractivity contribution in [3.63, 3.8) is 0 Å². The number of anilines is 1. The van der Waals surface area contributed by atoms with Gasteiger partial charge in [-0.05, 0) is 60.3 Å². The normalized spacial score (nSPS) is 26.0. The topological polar surface area (TPSA) is 40.6 Å². The predicted molar refractivity (Wildman–Crippen MR) is 80.4 cm³/mol. The van der Waals surface area contributed by atoms with Crippen LogP contribution >= 0.6 is 15.9 Å². The third-order valence-corrected chi connectivity index (χ3v) is 4.86. The number of piperazine rings is 1. The Morgan fingerprint density at radius 1 is 1.24 bits per heavy atom. The van der Waals surface area contributed by atoms with Gasteiger partial charge in [0.1, 0.15) is 17.9 Å². The molecule has 2 aliphatic heterocycles. The van der Waals surface area contributed by atoms with Crippen molar-refractivity contribution in [1.29, 1.82) is 0 Å². The maximum Gasteiger partial charge on any atom is 0.250 e. The lowest BCUT2D eigenvalue weighted by Crippen LogP contribution is -2.65. The molecule has 0 spiro atoms. The number of amides is 2. The van der Waals surface area contributed by atoms with E-state index in [1.165, 1.54) is 17.0 Å². The second-order valence-electron chi connectivity index (χ2n) is 5.52. The van der Waals surface area contributed by atoms with E-state index >= 15 is 0 Å². The van der Waals surface area contributed by atoms with Crippen molar-refractivity contribution in [2.75, 3.05) is 11.4 Å². The van der Waals surface area contributed by atoms with Crippen LogP contribution in [0.3, 0.4) is 0 Å². The standard InChI is InChI=1S/C15H16BrFN2O2/c1-9-14(20)18-7-3-2-4-13(18)15(21)19(9)12-6-5-10(17)8-11(12)16/h5-6,8-9,13H,2-4,7H2,1H3. The maximum absolute atomic E-state index is 13.2. The van der Waals surface area contributed by atoms with Gasteiger partial charge < -0.3 is 4.90 Å². The minimum Gasteiger partial charge on any atom is -0.329 e. The molecule has 2 unspecified atom stereocenters. The van der Waals surface area contributed by atoms with Crippen molar-refractivity contribution in [2.24, 2.45) is 0 Å². The Morgan fingerprint density at radius 3 is 2.71 bits per heavy atom. The van der Waals surface area contributed by atoms with Gasteiger partial charge in [0.25, 0.3) is 5.91 Å². The van der Waals surface area contributed by atoms with E-state index in [9.17, 15) is 14.0 Å². The first-order valence-electron chi connectivity index (χ1n) is 7.09. The molecule has 112 valence electrons. The second kappa shape index (κ2) is 5.40. The molecule has 4 nitrogen and oxygen atoms in total. The molecule has 0 bridgehead atoms. The van der Waals surface area contributed by atoms with Crippen LogP contribution in [0.1, 0.15) is 26.2 Å². The number of benzene rings is 1. The first-order valence-corrected chi connectivity index (χ1v) is 7.88. The highest BCUT2D eigenvalue weighted by molar-refractivity contribution is 9.10. The van der Waals surface area contributed by atoms with Crippen LogP contribution in [0.15, 0.2) is 22.7 Å². The summed E-state index contributed by atoms with van der Waals surface area (Å²) in [6.07, 6.45) is 2.60. The molecule has 0 aromatic heterocycles. The lowest BCUT2D eigenvalue weighted by Gasteiger charge is -2.46. The van der Waals surface area contributed by atoms with E-state index in [4.69, 9.17) is 0 Å². The number of fused-ring (bicyclic) bond motifs is 1. The van der Waals surface area contributed by atoms with E-state index in [0.29, 0.717) is 23.1 Å². The average molecular weight is 355 g/mol. The highest BCUT2D eigenvalue weighted by Crippen LogP contribution is 2.34. The fraction of sp³-hybridized carbons (Fsp3) is 0.467. The summed E-state index contributed by atoms with van der Waals surface area (Å²) in [7, 11) is 0. The Balaban J connectivity index is 2.01. The summed E-state index contributed by atoms with van der Waals surface area (Å²) in [4.78, 5) is 28.5. The molecule has 2 saturated heterocycles. The quantitative estimate of drug-likeness (QED) is 0.777. The zero-order chi connectivity index (χ0) is 15.1. The summed E-state index contributed by atoms with van der Waals surface area (Å²) in [6, 6.07) is 3.22. The number of halogens is 2. The molecule has 2 heterocycles. The van der Waals surface area contributed by atoms with Gasteiger partial charge in [-0.2, -0.15) is 0 Å². The molecular weight excluding hydrogens is 339 g/mol. The molecule has 3 rings (SSSR count). The molecule has 21 heavy (non-hydrogen) atoms. The molecule has 2 amide bonds. The molecule has 1 aromatic rings. The number of piperidine rings is 1. The van der Waals surface area contributed by atoms with Gasteiger partial charge in [0.2, 0.25) is 5.91 Å². The van der Waals surface area contributed by atoms with E-state index in [0.717, 1.165) is 12.8 Å². The van der Waals surface area contributed by atoms with Crippen LogP contribution in [0.25, 0.3) is 0 Å². The number of hydrogen-bond acceptors (Lipinski definition) is 2. The van der Waals surface area contributed by atoms with Crippen molar-refractivity contribution in [1.82, 2.24) is 4.90 Å². The lowest BCUT2D eigenvalue weighted by atomic mass is 9.95. The highest BCUT2D eigenvalue weighted by Gasteiger charge is 2.45. The number of rotatable bonds is 1. The maximum atomic E-state index is 13.2. The third kappa shape index (κ3) is 2.35. The number of carbonyl (C=O) groups excluding carboxylic acids is 2. The van der Waals surface area contributed by atoms with Crippen LogP contribution < -0.4 is 4.90 Å². The fourth-order valence-corrected chi connectivity index (χ4v) is 3.70. The Hall–Kier alpha value is -1.43. The zero-order valence-electron chi connectivity index (χ0n) is 11.7. The third-order valence-electron chi connectivity index (χ3n) is 4.22. The second-order valence-corrected chi connectivity index (χ2v) is 6.38. The largest absolute Gasteiger partial charge is 0.329 e. The highest BCUT2D eigenvalue weighted by atomic mass is 79.9. The van der Waals surface area contributed by atoms with Gasteiger partial charge in [-0.25, -0.2) is 4.39 Å². The number of nitrogens with zero attached hydrogens (tertiary/aromatic N) is 2. The molecule has 6 heteroatoms. The molecule has 0 N–H and O–H groups in total. The minimum atomic E-state index is -0.561. The summed E-state index contributed by atoms with van der Waals surface area (Å²) in [5.74, 6) is -0.488. The van der Waals surface area contributed by atoms with Gasteiger partial charge in [-0.1, -0.05) is 0 Å². The molecule has 2 atom stereocenters. The van der Waals surface area contributed by atoms with Crippen LogP contribution in [-0.2, 0) is 9.59 Å². The van der Waals surface area contributed by atoms with Gasteiger partial charge in [0.15, 0.2) is 0 Å². The molecule has 1 aromatic carbocycles. The van der Waals surface area contributed by atoms with Gasteiger partial charge in [0.05, 0.1) is 5.69 Å². The predicted octanol–water partition coefficient (Wildman–Crippen LogP) is 2.70. The summed E-state index contributed by atoms with van der Waals surface area (Å²) in [5.41, 5.74) is 0.549. The van der Waals surface area contributed by atoms with Gasteiger partial charge in [0, 0.05) is 11.0 Å². The average Bonchev–Trinajstić information content (AvgIpc) is 2.47. The SMILES string of the molecule is CC1C(=O)N2CCCCC2C(=O)N1c1ccc(F)cc1Br. The zero-order valence-corrected chi connectivity index (χ0v) is 13.3. The van der Waals surface area contributed by atoms with E-state index < -0.39 is 6.04 Å². The van der Waals surface area contributed by atoms with Gasteiger partial charge in [-0.3, -0.25) is 14.5 Å². The summed E-state index contributed by atoms with van der Waals surface area (Å²) < 4.78 is 13.7. The van der Waals surface area contributed by atoms with Crippen LogP contribution in [0, 0.1) is 5.82 Å². The summed E-state index contributed by atoms with van der Waals surface area (Å²) in [5, 5.41) is 0. The van der Waals surface area contributed by atoms with Crippen molar-refractivity contribution < 1.29 is 14.0 Å². The molecule has 0 radical (unpaired) electrons. The van der Waals surface area contributed by atoms with Crippen molar-refractivity contribution in [3.05, 3.63) is 28.5 Å². The Kier molecular flexibility index (Phi) is 3.73. The van der Waals surface area contributed by atoms with Crippen LogP contribution in [0.4, 0.5) is 10.1 Å². The van der Waals surface area contributed by atoms with E-state index in [-0.39, 0.29) is 23.7 Å². The molecule has 0 aliphatic carbocycles. The molecule has 2 fully saturated rings.